The zero-order valence-electron chi connectivity index (χ0n) is 12.2. The van der Waals surface area contributed by atoms with Crippen molar-refractivity contribution in [2.24, 2.45) is 11.7 Å². The van der Waals surface area contributed by atoms with Crippen molar-refractivity contribution < 1.29 is 14.3 Å². The molecule has 0 aromatic rings. The molecule has 2 heterocycles. The van der Waals surface area contributed by atoms with Crippen molar-refractivity contribution in [3.63, 3.8) is 0 Å². The van der Waals surface area contributed by atoms with Crippen LogP contribution in [0.3, 0.4) is 0 Å². The maximum atomic E-state index is 12.3. The molecule has 2 rings (SSSR count). The fourth-order valence-corrected chi connectivity index (χ4v) is 2.86. The van der Waals surface area contributed by atoms with Crippen LogP contribution in [-0.2, 0) is 14.3 Å². The van der Waals surface area contributed by atoms with Crippen molar-refractivity contribution in [1.29, 1.82) is 0 Å². The molecular weight excluding hydrogens is 258 g/mol. The van der Waals surface area contributed by atoms with Gasteiger partial charge < -0.3 is 20.3 Å². The van der Waals surface area contributed by atoms with Crippen molar-refractivity contribution >= 4 is 11.8 Å². The lowest BCUT2D eigenvalue weighted by Gasteiger charge is -2.33. The Morgan fingerprint density at radius 3 is 2.65 bits per heavy atom. The van der Waals surface area contributed by atoms with E-state index in [0.29, 0.717) is 26.1 Å². The van der Waals surface area contributed by atoms with Crippen molar-refractivity contribution in [3.05, 3.63) is 0 Å². The molecule has 0 spiro atoms. The van der Waals surface area contributed by atoms with Gasteiger partial charge in [0.1, 0.15) is 0 Å². The summed E-state index contributed by atoms with van der Waals surface area (Å²) in [5.41, 5.74) is 5.43. The van der Waals surface area contributed by atoms with Gasteiger partial charge in [0.2, 0.25) is 11.8 Å². The van der Waals surface area contributed by atoms with Gasteiger partial charge in [0.25, 0.3) is 0 Å². The number of rotatable bonds is 5. The highest BCUT2D eigenvalue weighted by atomic mass is 16.5. The Morgan fingerprint density at radius 2 is 2.10 bits per heavy atom. The third-order valence-corrected chi connectivity index (χ3v) is 4.15. The number of carbonyl (C=O) groups is 2. The van der Waals surface area contributed by atoms with E-state index in [1.165, 1.54) is 0 Å². The second kappa shape index (κ2) is 7.04. The number of likely N-dealkylation sites (tertiary alicyclic amines) is 2. The monoisotopic (exact) mass is 283 g/mol. The summed E-state index contributed by atoms with van der Waals surface area (Å²) in [4.78, 5) is 27.4. The molecule has 6 heteroatoms. The standard InChI is InChI=1S/C14H25N3O3/c1-16-10-11(9-13(16)18)14(19)17-6-3-12(4-7-17)20-8-2-5-15/h11-12H,2-10,15H2,1H3. The molecule has 1 unspecified atom stereocenters. The van der Waals surface area contributed by atoms with Gasteiger partial charge in [0, 0.05) is 39.7 Å². The van der Waals surface area contributed by atoms with Gasteiger partial charge in [-0.1, -0.05) is 0 Å². The fraction of sp³-hybridized carbons (Fsp3) is 0.857. The van der Waals surface area contributed by atoms with E-state index in [9.17, 15) is 9.59 Å². The Labute approximate surface area is 120 Å². The Morgan fingerprint density at radius 1 is 1.40 bits per heavy atom. The Balaban J connectivity index is 1.73. The van der Waals surface area contributed by atoms with Gasteiger partial charge in [-0.05, 0) is 25.8 Å². The first-order valence-electron chi connectivity index (χ1n) is 7.46. The molecule has 2 N–H and O–H groups in total. The van der Waals surface area contributed by atoms with E-state index in [1.807, 2.05) is 4.90 Å². The van der Waals surface area contributed by atoms with E-state index in [-0.39, 0.29) is 23.8 Å². The van der Waals surface area contributed by atoms with Gasteiger partial charge in [0.15, 0.2) is 0 Å². The highest BCUT2D eigenvalue weighted by molar-refractivity contribution is 5.89. The van der Waals surface area contributed by atoms with Crippen LogP contribution in [0.25, 0.3) is 0 Å². The largest absolute Gasteiger partial charge is 0.378 e. The van der Waals surface area contributed by atoms with Crippen molar-refractivity contribution in [2.75, 3.05) is 39.8 Å². The van der Waals surface area contributed by atoms with Crippen LogP contribution < -0.4 is 5.73 Å². The van der Waals surface area contributed by atoms with E-state index in [0.717, 1.165) is 32.4 Å². The van der Waals surface area contributed by atoms with Crippen LogP contribution in [0.5, 0.6) is 0 Å². The summed E-state index contributed by atoms with van der Waals surface area (Å²) in [7, 11) is 1.76. The SMILES string of the molecule is CN1CC(C(=O)N2CCC(OCCCN)CC2)CC1=O. The highest BCUT2D eigenvalue weighted by Crippen LogP contribution is 2.22. The van der Waals surface area contributed by atoms with Crippen molar-refractivity contribution in [1.82, 2.24) is 9.80 Å². The topological polar surface area (TPSA) is 75.9 Å². The van der Waals surface area contributed by atoms with E-state index >= 15 is 0 Å². The van der Waals surface area contributed by atoms with E-state index < -0.39 is 0 Å². The summed E-state index contributed by atoms with van der Waals surface area (Å²) in [6.07, 6.45) is 3.26. The summed E-state index contributed by atoms with van der Waals surface area (Å²) in [6, 6.07) is 0. The smallest absolute Gasteiger partial charge is 0.227 e. The highest BCUT2D eigenvalue weighted by Gasteiger charge is 2.35. The number of nitrogens with two attached hydrogens (primary N) is 1. The van der Waals surface area contributed by atoms with Crippen LogP contribution in [-0.4, -0.2) is 67.6 Å². The number of carbonyl (C=O) groups excluding carboxylic acids is 2. The van der Waals surface area contributed by atoms with Gasteiger partial charge in [-0.2, -0.15) is 0 Å². The molecule has 114 valence electrons. The fourth-order valence-electron chi connectivity index (χ4n) is 2.86. The Hall–Kier alpha value is -1.14. The molecule has 0 radical (unpaired) electrons. The average Bonchev–Trinajstić information content (AvgIpc) is 2.79. The van der Waals surface area contributed by atoms with Gasteiger partial charge >= 0.3 is 0 Å². The molecule has 20 heavy (non-hydrogen) atoms. The number of piperidine rings is 1. The third kappa shape index (κ3) is 3.70. The van der Waals surface area contributed by atoms with Gasteiger partial charge in [-0.25, -0.2) is 0 Å². The van der Waals surface area contributed by atoms with Crippen molar-refractivity contribution in [3.8, 4) is 0 Å². The first-order valence-corrected chi connectivity index (χ1v) is 7.46. The zero-order valence-corrected chi connectivity index (χ0v) is 12.2. The van der Waals surface area contributed by atoms with Gasteiger partial charge in [-0.3, -0.25) is 9.59 Å². The molecule has 2 aliphatic rings. The van der Waals surface area contributed by atoms with Crippen LogP contribution in [0, 0.1) is 5.92 Å². The summed E-state index contributed by atoms with van der Waals surface area (Å²) >= 11 is 0. The number of amides is 2. The van der Waals surface area contributed by atoms with E-state index in [4.69, 9.17) is 10.5 Å². The quantitative estimate of drug-likeness (QED) is 0.710. The minimum absolute atomic E-state index is 0.0725. The van der Waals surface area contributed by atoms with Crippen molar-refractivity contribution in [2.45, 2.75) is 31.8 Å². The lowest BCUT2D eigenvalue weighted by atomic mass is 10.0. The molecule has 0 aliphatic carbocycles. The number of hydrogen-bond donors (Lipinski definition) is 1. The second-order valence-corrected chi connectivity index (χ2v) is 5.71. The molecule has 0 aromatic heterocycles. The van der Waals surface area contributed by atoms with Crippen LogP contribution >= 0.6 is 0 Å². The Bertz CT molecular complexity index is 354. The maximum Gasteiger partial charge on any atom is 0.227 e. The van der Waals surface area contributed by atoms with Gasteiger partial charge in [0.05, 0.1) is 12.0 Å². The number of nitrogens with zero attached hydrogens (tertiary/aromatic N) is 2. The molecule has 0 saturated carbocycles. The first kappa shape index (κ1) is 15.3. The van der Waals surface area contributed by atoms with Gasteiger partial charge in [-0.15, -0.1) is 0 Å². The summed E-state index contributed by atoms with van der Waals surface area (Å²) in [5.74, 6) is 0.0497. The molecule has 6 nitrogen and oxygen atoms in total. The lowest BCUT2D eigenvalue weighted by molar-refractivity contribution is -0.138. The van der Waals surface area contributed by atoms with Crippen LogP contribution in [0.15, 0.2) is 0 Å². The summed E-state index contributed by atoms with van der Waals surface area (Å²) in [6.45, 7) is 3.39. The minimum Gasteiger partial charge on any atom is -0.378 e. The molecule has 1 atom stereocenters. The Kier molecular flexibility index (Phi) is 5.37. The molecule has 0 bridgehead atoms. The maximum absolute atomic E-state index is 12.3. The molecule has 0 aromatic carbocycles. The number of hydrogen-bond acceptors (Lipinski definition) is 4. The van der Waals surface area contributed by atoms with Crippen LogP contribution in [0.4, 0.5) is 0 Å². The van der Waals surface area contributed by atoms with Crippen LogP contribution in [0.1, 0.15) is 25.7 Å². The normalized spacial score (nSPS) is 24.5. The average molecular weight is 283 g/mol. The first-order chi connectivity index (χ1) is 9.61. The van der Waals surface area contributed by atoms with E-state index in [1.54, 1.807) is 11.9 Å². The zero-order chi connectivity index (χ0) is 14.5. The number of ether oxygens (including phenoxy) is 1. The minimum atomic E-state index is -0.151. The predicted octanol–water partition coefficient (Wildman–Crippen LogP) is -0.179. The predicted molar refractivity (Wildman–Crippen MR) is 75.0 cm³/mol. The molecule has 2 aliphatic heterocycles. The summed E-state index contributed by atoms with van der Waals surface area (Å²) < 4.78 is 5.73. The lowest BCUT2D eigenvalue weighted by Crippen LogP contribution is -2.44. The molecular formula is C14H25N3O3. The van der Waals surface area contributed by atoms with E-state index in [2.05, 4.69) is 0 Å². The summed E-state index contributed by atoms with van der Waals surface area (Å²) in [5, 5.41) is 0. The molecule has 2 saturated heterocycles. The third-order valence-electron chi connectivity index (χ3n) is 4.15. The molecule has 2 amide bonds. The van der Waals surface area contributed by atoms with Crippen LogP contribution in [0.2, 0.25) is 0 Å². The second-order valence-electron chi connectivity index (χ2n) is 5.71. The molecule has 2 fully saturated rings.